The van der Waals surface area contributed by atoms with Gasteiger partial charge in [-0.1, -0.05) is 23.7 Å². The van der Waals surface area contributed by atoms with Crippen molar-refractivity contribution in [2.24, 2.45) is 0 Å². The van der Waals surface area contributed by atoms with Crippen molar-refractivity contribution in [3.8, 4) is 0 Å². The summed E-state index contributed by atoms with van der Waals surface area (Å²) in [5.41, 5.74) is 0.617. The van der Waals surface area contributed by atoms with Crippen molar-refractivity contribution in [3.05, 3.63) is 47.5 Å². The molecule has 0 saturated carbocycles. The molecule has 1 amide bonds. The molecular weight excluding hydrogens is 210 g/mol. The summed E-state index contributed by atoms with van der Waals surface area (Å²) in [6.45, 7) is 6.78. The normalized spacial score (nSPS) is 9.73. The Balaban J connectivity index is 2.87. The van der Waals surface area contributed by atoms with Crippen LogP contribution in [0.25, 0.3) is 0 Å². The molecule has 0 bridgehead atoms. The first-order chi connectivity index (χ1) is 7.19. The third-order valence-corrected chi connectivity index (χ3v) is 2.33. The lowest BCUT2D eigenvalue weighted by Crippen LogP contribution is -2.30. The number of rotatable bonds is 4. The van der Waals surface area contributed by atoms with Gasteiger partial charge in [-0.05, 0) is 25.1 Å². The van der Waals surface area contributed by atoms with Gasteiger partial charge in [0.05, 0.1) is 0 Å². The highest BCUT2D eigenvalue weighted by Gasteiger charge is 2.12. The molecule has 1 aromatic rings. The van der Waals surface area contributed by atoms with Crippen LogP contribution in [0.5, 0.6) is 0 Å². The Kier molecular flexibility index (Phi) is 4.37. The minimum Gasteiger partial charge on any atom is -0.335 e. The first kappa shape index (κ1) is 11.8. The average molecular weight is 224 g/mol. The molecule has 1 aromatic carbocycles. The molecule has 0 atom stereocenters. The zero-order chi connectivity index (χ0) is 11.3. The third kappa shape index (κ3) is 3.10. The van der Waals surface area contributed by atoms with Gasteiger partial charge in [-0.25, -0.2) is 0 Å². The van der Waals surface area contributed by atoms with Gasteiger partial charge in [0, 0.05) is 23.7 Å². The van der Waals surface area contributed by atoms with E-state index in [0.717, 1.165) is 0 Å². The molecule has 0 fully saturated rings. The molecule has 0 unspecified atom stereocenters. The van der Waals surface area contributed by atoms with E-state index in [2.05, 4.69) is 6.58 Å². The van der Waals surface area contributed by atoms with Crippen LogP contribution in [0.4, 0.5) is 0 Å². The van der Waals surface area contributed by atoms with Crippen LogP contribution in [0.3, 0.4) is 0 Å². The van der Waals surface area contributed by atoms with Gasteiger partial charge in [0.1, 0.15) is 0 Å². The van der Waals surface area contributed by atoms with Crippen molar-refractivity contribution in [2.75, 3.05) is 13.1 Å². The van der Waals surface area contributed by atoms with E-state index in [9.17, 15) is 4.79 Å². The summed E-state index contributed by atoms with van der Waals surface area (Å²) in [6.07, 6.45) is 1.71. The Bertz CT molecular complexity index is 362. The van der Waals surface area contributed by atoms with Gasteiger partial charge in [-0.2, -0.15) is 0 Å². The molecule has 0 saturated heterocycles. The minimum absolute atomic E-state index is 0.0140. The summed E-state index contributed by atoms with van der Waals surface area (Å²) < 4.78 is 0. The van der Waals surface area contributed by atoms with Crippen molar-refractivity contribution in [2.45, 2.75) is 6.92 Å². The number of hydrogen-bond donors (Lipinski definition) is 0. The van der Waals surface area contributed by atoms with Crippen molar-refractivity contribution >= 4 is 17.5 Å². The lowest BCUT2D eigenvalue weighted by Gasteiger charge is -2.18. The van der Waals surface area contributed by atoms with E-state index in [0.29, 0.717) is 23.7 Å². The van der Waals surface area contributed by atoms with E-state index in [1.807, 2.05) is 6.92 Å². The highest BCUT2D eigenvalue weighted by molar-refractivity contribution is 6.30. The molecule has 0 aliphatic rings. The van der Waals surface area contributed by atoms with Crippen molar-refractivity contribution in [1.29, 1.82) is 0 Å². The summed E-state index contributed by atoms with van der Waals surface area (Å²) >= 11 is 5.82. The number of halogens is 1. The van der Waals surface area contributed by atoms with Crippen LogP contribution in [0, 0.1) is 0 Å². The van der Waals surface area contributed by atoms with Crippen molar-refractivity contribution in [1.82, 2.24) is 4.90 Å². The zero-order valence-corrected chi connectivity index (χ0v) is 9.50. The number of benzene rings is 1. The molecule has 15 heavy (non-hydrogen) atoms. The molecule has 0 aliphatic heterocycles. The number of carbonyl (C=O) groups excluding carboxylic acids is 1. The summed E-state index contributed by atoms with van der Waals surface area (Å²) in [5.74, 6) is -0.0140. The van der Waals surface area contributed by atoms with Gasteiger partial charge < -0.3 is 4.90 Å². The summed E-state index contributed by atoms with van der Waals surface area (Å²) in [6, 6.07) is 6.97. The van der Waals surface area contributed by atoms with Crippen LogP contribution in [0.2, 0.25) is 5.02 Å². The van der Waals surface area contributed by atoms with Gasteiger partial charge in [0.15, 0.2) is 0 Å². The Morgan fingerprint density at radius 2 is 2.33 bits per heavy atom. The first-order valence-electron chi connectivity index (χ1n) is 4.84. The second-order valence-corrected chi connectivity index (χ2v) is 3.58. The maximum atomic E-state index is 11.9. The Morgan fingerprint density at radius 3 is 2.87 bits per heavy atom. The van der Waals surface area contributed by atoms with E-state index < -0.39 is 0 Å². The molecular formula is C12H14ClNO. The van der Waals surface area contributed by atoms with Gasteiger partial charge >= 0.3 is 0 Å². The van der Waals surface area contributed by atoms with Crippen LogP contribution in [0.1, 0.15) is 17.3 Å². The lowest BCUT2D eigenvalue weighted by atomic mass is 10.2. The van der Waals surface area contributed by atoms with E-state index in [-0.39, 0.29) is 5.91 Å². The van der Waals surface area contributed by atoms with Crippen LogP contribution in [0.15, 0.2) is 36.9 Å². The minimum atomic E-state index is -0.0140. The highest BCUT2D eigenvalue weighted by atomic mass is 35.5. The van der Waals surface area contributed by atoms with Gasteiger partial charge in [0.2, 0.25) is 0 Å². The average Bonchev–Trinajstić information content (AvgIpc) is 2.25. The monoisotopic (exact) mass is 223 g/mol. The fourth-order valence-corrected chi connectivity index (χ4v) is 1.51. The summed E-state index contributed by atoms with van der Waals surface area (Å²) in [7, 11) is 0. The molecule has 1 rings (SSSR count). The van der Waals surface area contributed by atoms with E-state index >= 15 is 0 Å². The fourth-order valence-electron chi connectivity index (χ4n) is 1.32. The smallest absolute Gasteiger partial charge is 0.254 e. The third-order valence-electron chi connectivity index (χ3n) is 2.09. The molecule has 0 radical (unpaired) electrons. The van der Waals surface area contributed by atoms with Crippen LogP contribution >= 0.6 is 11.6 Å². The fraction of sp³-hybridized carbons (Fsp3) is 0.250. The van der Waals surface area contributed by atoms with Crippen molar-refractivity contribution < 1.29 is 4.79 Å². The Hall–Kier alpha value is -1.28. The lowest BCUT2D eigenvalue weighted by molar-refractivity contribution is 0.0782. The molecule has 0 heterocycles. The second kappa shape index (κ2) is 5.56. The number of hydrogen-bond acceptors (Lipinski definition) is 1. The zero-order valence-electron chi connectivity index (χ0n) is 8.74. The summed E-state index contributed by atoms with van der Waals surface area (Å²) in [5, 5.41) is 0.579. The Labute approximate surface area is 95.2 Å². The molecule has 0 spiro atoms. The maximum absolute atomic E-state index is 11.9. The SMILES string of the molecule is C=CCN(CC)C(=O)c1cccc(Cl)c1. The van der Waals surface area contributed by atoms with E-state index in [4.69, 9.17) is 11.6 Å². The van der Waals surface area contributed by atoms with Crippen LogP contribution < -0.4 is 0 Å². The maximum Gasteiger partial charge on any atom is 0.254 e. The predicted octanol–water partition coefficient (Wildman–Crippen LogP) is 2.99. The predicted molar refractivity (Wildman–Crippen MR) is 63.2 cm³/mol. The molecule has 3 heteroatoms. The molecule has 80 valence electrons. The Morgan fingerprint density at radius 1 is 1.60 bits per heavy atom. The second-order valence-electron chi connectivity index (χ2n) is 3.14. The van der Waals surface area contributed by atoms with Gasteiger partial charge in [-0.15, -0.1) is 6.58 Å². The largest absolute Gasteiger partial charge is 0.335 e. The highest BCUT2D eigenvalue weighted by Crippen LogP contribution is 2.12. The van der Waals surface area contributed by atoms with Crippen LogP contribution in [-0.4, -0.2) is 23.9 Å². The van der Waals surface area contributed by atoms with E-state index in [1.54, 1.807) is 35.2 Å². The van der Waals surface area contributed by atoms with Crippen LogP contribution in [-0.2, 0) is 0 Å². The number of nitrogens with zero attached hydrogens (tertiary/aromatic N) is 1. The standard InChI is InChI=1S/C12H14ClNO/c1-3-8-14(4-2)12(15)10-6-5-7-11(13)9-10/h3,5-7,9H,1,4,8H2,2H3. The number of carbonyl (C=O) groups is 1. The van der Waals surface area contributed by atoms with Gasteiger partial charge in [0.25, 0.3) is 5.91 Å². The summed E-state index contributed by atoms with van der Waals surface area (Å²) in [4.78, 5) is 13.6. The number of amides is 1. The van der Waals surface area contributed by atoms with E-state index in [1.165, 1.54) is 0 Å². The topological polar surface area (TPSA) is 20.3 Å². The van der Waals surface area contributed by atoms with Crippen molar-refractivity contribution in [3.63, 3.8) is 0 Å². The molecule has 2 nitrogen and oxygen atoms in total. The quantitative estimate of drug-likeness (QED) is 0.719. The molecule has 0 aliphatic carbocycles. The number of likely N-dealkylation sites (N-methyl/N-ethyl adjacent to an activating group) is 1. The molecule has 0 N–H and O–H groups in total. The molecule has 0 aromatic heterocycles. The first-order valence-corrected chi connectivity index (χ1v) is 5.22. The van der Waals surface area contributed by atoms with Gasteiger partial charge in [-0.3, -0.25) is 4.79 Å².